The third-order valence-electron chi connectivity index (χ3n) is 5.40. The zero-order valence-electron chi connectivity index (χ0n) is 15.7. The van der Waals surface area contributed by atoms with Crippen LogP contribution in [0.25, 0.3) is 0 Å². The number of carbonyl (C=O) groups is 2. The first-order chi connectivity index (χ1) is 13.5. The minimum atomic E-state index is -1.03. The second-order valence-electron chi connectivity index (χ2n) is 7.21. The van der Waals surface area contributed by atoms with Crippen LogP contribution in [0, 0.1) is 5.82 Å². The van der Waals surface area contributed by atoms with Gasteiger partial charge in [0.15, 0.2) is 0 Å². The van der Waals surface area contributed by atoms with E-state index in [2.05, 4.69) is 10.6 Å². The summed E-state index contributed by atoms with van der Waals surface area (Å²) in [4.78, 5) is 25.6. The molecule has 1 aliphatic carbocycles. The Labute approximate surface area is 164 Å². The van der Waals surface area contributed by atoms with Crippen LogP contribution in [-0.2, 0) is 21.5 Å². The van der Waals surface area contributed by atoms with Gasteiger partial charge in [-0.3, -0.25) is 9.59 Å². The van der Waals surface area contributed by atoms with Crippen LogP contribution in [0.15, 0.2) is 54.6 Å². The first-order valence-corrected chi connectivity index (χ1v) is 9.55. The average Bonchev–Trinajstić information content (AvgIpc) is 3.23. The summed E-state index contributed by atoms with van der Waals surface area (Å²) >= 11 is 0. The third-order valence-corrected chi connectivity index (χ3v) is 5.40. The van der Waals surface area contributed by atoms with Gasteiger partial charge >= 0.3 is 0 Å². The standard InChI is InChI=1S/C22H25FN2O3/c23-18-10-8-16(9-11-18)14-24-20(27)19(15-26)25-21(28)22(12-4-5-13-22)17-6-2-1-3-7-17/h1-3,6-11,19,26H,4-5,12-15H2,(H,24,27)(H,25,28)/t19-/m0/s1. The summed E-state index contributed by atoms with van der Waals surface area (Å²) in [6.07, 6.45) is 3.34. The van der Waals surface area contributed by atoms with Crippen molar-refractivity contribution in [2.24, 2.45) is 0 Å². The monoisotopic (exact) mass is 384 g/mol. The minimum Gasteiger partial charge on any atom is -0.394 e. The highest BCUT2D eigenvalue weighted by Gasteiger charge is 2.43. The molecule has 1 aliphatic rings. The first-order valence-electron chi connectivity index (χ1n) is 9.55. The molecule has 28 heavy (non-hydrogen) atoms. The van der Waals surface area contributed by atoms with E-state index in [9.17, 15) is 19.1 Å². The van der Waals surface area contributed by atoms with E-state index >= 15 is 0 Å². The van der Waals surface area contributed by atoms with Gasteiger partial charge in [0.25, 0.3) is 0 Å². The highest BCUT2D eigenvalue weighted by molar-refractivity contribution is 5.93. The van der Waals surface area contributed by atoms with Crippen molar-refractivity contribution in [1.82, 2.24) is 10.6 Å². The van der Waals surface area contributed by atoms with Crippen molar-refractivity contribution in [1.29, 1.82) is 0 Å². The number of amides is 2. The van der Waals surface area contributed by atoms with Gasteiger partial charge in [-0.25, -0.2) is 4.39 Å². The minimum absolute atomic E-state index is 0.190. The second kappa shape index (κ2) is 8.97. The van der Waals surface area contributed by atoms with Gasteiger partial charge in [-0.05, 0) is 36.1 Å². The summed E-state index contributed by atoms with van der Waals surface area (Å²) in [6, 6.07) is 14.3. The summed E-state index contributed by atoms with van der Waals surface area (Å²) in [5.41, 5.74) is 1.01. The molecule has 2 aromatic carbocycles. The summed E-state index contributed by atoms with van der Waals surface area (Å²) < 4.78 is 13.0. The van der Waals surface area contributed by atoms with Gasteiger partial charge in [0.2, 0.25) is 11.8 Å². The number of hydrogen-bond donors (Lipinski definition) is 3. The quantitative estimate of drug-likeness (QED) is 0.686. The molecule has 0 spiro atoms. The largest absolute Gasteiger partial charge is 0.394 e. The van der Waals surface area contributed by atoms with Crippen LogP contribution in [0.5, 0.6) is 0 Å². The Morgan fingerprint density at radius 1 is 1.04 bits per heavy atom. The summed E-state index contributed by atoms with van der Waals surface area (Å²) in [5.74, 6) is -1.05. The van der Waals surface area contributed by atoms with Crippen LogP contribution in [0.4, 0.5) is 4.39 Å². The molecule has 3 N–H and O–H groups in total. The summed E-state index contributed by atoms with van der Waals surface area (Å²) in [6.45, 7) is -0.304. The molecule has 0 aliphatic heterocycles. The normalized spacial score (nSPS) is 16.4. The Hall–Kier alpha value is -2.73. The lowest BCUT2D eigenvalue weighted by Gasteiger charge is -2.30. The molecular formula is C22H25FN2O3. The second-order valence-corrected chi connectivity index (χ2v) is 7.21. The molecule has 2 amide bonds. The number of hydrogen-bond acceptors (Lipinski definition) is 3. The zero-order chi connectivity index (χ0) is 20.0. The number of nitrogens with one attached hydrogen (secondary N) is 2. The molecule has 0 aromatic heterocycles. The fourth-order valence-electron chi connectivity index (χ4n) is 3.79. The number of halogens is 1. The number of benzene rings is 2. The average molecular weight is 384 g/mol. The first kappa shape index (κ1) is 20.0. The van der Waals surface area contributed by atoms with Crippen molar-refractivity contribution >= 4 is 11.8 Å². The zero-order valence-corrected chi connectivity index (χ0v) is 15.7. The maximum absolute atomic E-state index is 13.1. The smallest absolute Gasteiger partial charge is 0.245 e. The van der Waals surface area contributed by atoms with Crippen LogP contribution in [-0.4, -0.2) is 29.6 Å². The predicted octanol–water partition coefficient (Wildman–Crippen LogP) is 2.43. The number of aliphatic hydroxyl groups is 1. The van der Waals surface area contributed by atoms with Crippen LogP contribution < -0.4 is 10.6 Å². The molecule has 0 unspecified atom stereocenters. The molecule has 1 saturated carbocycles. The lowest BCUT2D eigenvalue weighted by molar-refractivity contribution is -0.133. The van der Waals surface area contributed by atoms with Crippen LogP contribution in [0.1, 0.15) is 36.8 Å². The van der Waals surface area contributed by atoms with Crippen molar-refractivity contribution in [3.63, 3.8) is 0 Å². The summed E-state index contributed by atoms with van der Waals surface area (Å²) in [7, 11) is 0. The lowest BCUT2D eigenvalue weighted by atomic mass is 9.78. The van der Waals surface area contributed by atoms with Gasteiger partial charge in [0, 0.05) is 6.54 Å². The fraction of sp³-hybridized carbons (Fsp3) is 0.364. The molecule has 3 rings (SSSR count). The third kappa shape index (κ3) is 4.39. The molecular weight excluding hydrogens is 359 g/mol. The highest BCUT2D eigenvalue weighted by Crippen LogP contribution is 2.41. The molecule has 148 valence electrons. The molecule has 6 heteroatoms. The molecule has 1 atom stereocenters. The lowest BCUT2D eigenvalue weighted by Crippen LogP contribution is -2.54. The molecule has 0 saturated heterocycles. The van der Waals surface area contributed by atoms with Crippen molar-refractivity contribution in [2.75, 3.05) is 6.61 Å². The van der Waals surface area contributed by atoms with E-state index < -0.39 is 24.0 Å². The van der Waals surface area contributed by atoms with Crippen molar-refractivity contribution in [3.8, 4) is 0 Å². The molecule has 1 fully saturated rings. The fourth-order valence-corrected chi connectivity index (χ4v) is 3.79. The van der Waals surface area contributed by atoms with Gasteiger partial charge in [-0.2, -0.15) is 0 Å². The van der Waals surface area contributed by atoms with E-state index in [0.29, 0.717) is 0 Å². The van der Waals surface area contributed by atoms with Gasteiger partial charge in [-0.1, -0.05) is 55.3 Å². The van der Waals surface area contributed by atoms with Gasteiger partial charge in [0.05, 0.1) is 12.0 Å². The molecule has 0 heterocycles. The van der Waals surface area contributed by atoms with Crippen LogP contribution in [0.2, 0.25) is 0 Å². The van der Waals surface area contributed by atoms with Crippen LogP contribution >= 0.6 is 0 Å². The molecule has 2 aromatic rings. The molecule has 5 nitrogen and oxygen atoms in total. The van der Waals surface area contributed by atoms with E-state index in [-0.39, 0.29) is 18.3 Å². The van der Waals surface area contributed by atoms with Crippen LogP contribution in [0.3, 0.4) is 0 Å². The summed E-state index contributed by atoms with van der Waals surface area (Å²) in [5, 5.41) is 15.1. The predicted molar refractivity (Wildman–Crippen MR) is 104 cm³/mol. The Morgan fingerprint density at radius 3 is 2.29 bits per heavy atom. The maximum Gasteiger partial charge on any atom is 0.245 e. The number of aliphatic hydroxyl groups excluding tert-OH is 1. The number of carbonyl (C=O) groups excluding carboxylic acids is 2. The molecule has 0 bridgehead atoms. The highest BCUT2D eigenvalue weighted by atomic mass is 19.1. The maximum atomic E-state index is 13.1. The molecule has 0 radical (unpaired) electrons. The van der Waals surface area contributed by atoms with E-state index in [1.807, 2.05) is 30.3 Å². The van der Waals surface area contributed by atoms with Crippen molar-refractivity contribution in [2.45, 2.75) is 43.7 Å². The van der Waals surface area contributed by atoms with E-state index in [1.165, 1.54) is 12.1 Å². The topological polar surface area (TPSA) is 78.4 Å². The number of rotatable bonds is 7. The van der Waals surface area contributed by atoms with E-state index in [4.69, 9.17) is 0 Å². The van der Waals surface area contributed by atoms with Crippen molar-refractivity contribution in [3.05, 3.63) is 71.5 Å². The van der Waals surface area contributed by atoms with E-state index in [0.717, 1.165) is 36.8 Å². The SMILES string of the molecule is O=C(NCc1ccc(F)cc1)[C@H](CO)NC(=O)C1(c2ccccc2)CCCC1. The van der Waals surface area contributed by atoms with Gasteiger partial charge in [0.1, 0.15) is 11.9 Å². The van der Waals surface area contributed by atoms with E-state index in [1.54, 1.807) is 12.1 Å². The van der Waals surface area contributed by atoms with Gasteiger partial charge in [-0.15, -0.1) is 0 Å². The Morgan fingerprint density at radius 2 is 1.68 bits per heavy atom. The van der Waals surface area contributed by atoms with Gasteiger partial charge < -0.3 is 15.7 Å². The Bertz CT molecular complexity index is 802. The Kier molecular flexibility index (Phi) is 6.41. The van der Waals surface area contributed by atoms with Crippen molar-refractivity contribution < 1.29 is 19.1 Å². The Balaban J connectivity index is 1.66.